The molecule has 2 aromatic carbocycles. The highest BCUT2D eigenvalue weighted by Crippen LogP contribution is 2.39. The molecular formula is C23H19Cl2N3. The second-order valence-electron chi connectivity index (χ2n) is 6.55. The molecule has 0 N–H and O–H groups in total. The van der Waals surface area contributed by atoms with E-state index < -0.39 is 0 Å². The van der Waals surface area contributed by atoms with Gasteiger partial charge in [-0.1, -0.05) is 47.5 Å². The SMILES string of the molecule is CCn1c(-c2c(C)cccc2Cl)nc(-c2ccncc2)c1-c1ccc(Cl)cc1. The minimum absolute atomic E-state index is 0.698. The molecule has 0 saturated heterocycles. The molecule has 2 heterocycles. The van der Waals surface area contributed by atoms with Gasteiger partial charge in [0.1, 0.15) is 5.82 Å². The summed E-state index contributed by atoms with van der Waals surface area (Å²) in [6, 6.07) is 17.7. The number of hydrogen-bond donors (Lipinski definition) is 0. The van der Waals surface area contributed by atoms with Crippen molar-refractivity contribution in [2.75, 3.05) is 0 Å². The lowest BCUT2D eigenvalue weighted by Crippen LogP contribution is -2.01. The zero-order valence-electron chi connectivity index (χ0n) is 15.7. The van der Waals surface area contributed by atoms with Crippen LogP contribution in [0, 0.1) is 6.92 Å². The Labute approximate surface area is 174 Å². The molecule has 0 amide bonds. The molecule has 0 atom stereocenters. The molecule has 0 aliphatic carbocycles. The van der Waals surface area contributed by atoms with Gasteiger partial charge in [-0.3, -0.25) is 4.98 Å². The number of rotatable bonds is 4. The molecule has 0 aliphatic rings. The third kappa shape index (κ3) is 3.32. The fourth-order valence-corrected chi connectivity index (χ4v) is 3.91. The van der Waals surface area contributed by atoms with Gasteiger partial charge in [-0.2, -0.15) is 0 Å². The van der Waals surface area contributed by atoms with Gasteiger partial charge < -0.3 is 4.57 Å². The zero-order valence-corrected chi connectivity index (χ0v) is 17.2. The van der Waals surface area contributed by atoms with Gasteiger partial charge in [-0.15, -0.1) is 0 Å². The second-order valence-corrected chi connectivity index (χ2v) is 7.40. The monoisotopic (exact) mass is 407 g/mol. The quantitative estimate of drug-likeness (QED) is 0.367. The lowest BCUT2D eigenvalue weighted by molar-refractivity contribution is 0.777. The lowest BCUT2D eigenvalue weighted by Gasteiger charge is -2.13. The molecule has 5 heteroatoms. The minimum Gasteiger partial charge on any atom is -0.324 e. The van der Waals surface area contributed by atoms with Crippen LogP contribution < -0.4 is 0 Å². The van der Waals surface area contributed by atoms with Crippen molar-refractivity contribution in [3.05, 3.63) is 82.6 Å². The molecule has 28 heavy (non-hydrogen) atoms. The van der Waals surface area contributed by atoms with Crippen molar-refractivity contribution in [1.82, 2.24) is 14.5 Å². The number of aryl methyl sites for hydroxylation is 1. The van der Waals surface area contributed by atoms with E-state index in [-0.39, 0.29) is 0 Å². The maximum Gasteiger partial charge on any atom is 0.142 e. The van der Waals surface area contributed by atoms with Gasteiger partial charge in [-0.25, -0.2) is 4.98 Å². The molecular weight excluding hydrogens is 389 g/mol. The van der Waals surface area contributed by atoms with Crippen LogP contribution in [0.3, 0.4) is 0 Å². The van der Waals surface area contributed by atoms with Crippen LogP contribution in [0.2, 0.25) is 10.0 Å². The lowest BCUT2D eigenvalue weighted by atomic mass is 10.1. The third-order valence-electron chi connectivity index (χ3n) is 4.80. The summed E-state index contributed by atoms with van der Waals surface area (Å²) in [6.07, 6.45) is 3.57. The smallest absolute Gasteiger partial charge is 0.142 e. The Morgan fingerprint density at radius 1 is 0.893 bits per heavy atom. The summed E-state index contributed by atoms with van der Waals surface area (Å²) in [5.41, 5.74) is 6.07. The Hall–Kier alpha value is -2.62. The molecule has 0 fully saturated rings. The average Bonchev–Trinajstić information content (AvgIpc) is 3.08. The molecule has 4 rings (SSSR count). The first-order chi connectivity index (χ1) is 13.6. The van der Waals surface area contributed by atoms with E-state index in [9.17, 15) is 0 Å². The highest BCUT2D eigenvalue weighted by Gasteiger charge is 2.22. The van der Waals surface area contributed by atoms with Crippen molar-refractivity contribution >= 4 is 23.2 Å². The molecule has 3 nitrogen and oxygen atoms in total. The van der Waals surface area contributed by atoms with Crippen molar-refractivity contribution < 1.29 is 0 Å². The van der Waals surface area contributed by atoms with Crippen molar-refractivity contribution in [2.24, 2.45) is 0 Å². The van der Waals surface area contributed by atoms with Gasteiger partial charge in [0, 0.05) is 40.7 Å². The van der Waals surface area contributed by atoms with E-state index in [2.05, 4.69) is 29.5 Å². The highest BCUT2D eigenvalue weighted by atomic mass is 35.5. The largest absolute Gasteiger partial charge is 0.324 e. The number of imidazole rings is 1. The topological polar surface area (TPSA) is 30.7 Å². The summed E-state index contributed by atoms with van der Waals surface area (Å²) in [5.74, 6) is 0.863. The molecule has 0 saturated carbocycles. The Morgan fingerprint density at radius 2 is 1.61 bits per heavy atom. The van der Waals surface area contributed by atoms with Crippen LogP contribution in [0.4, 0.5) is 0 Å². The molecule has 0 unspecified atom stereocenters. The predicted molar refractivity (Wildman–Crippen MR) is 117 cm³/mol. The van der Waals surface area contributed by atoms with Gasteiger partial charge >= 0.3 is 0 Å². The molecule has 0 spiro atoms. The molecule has 0 radical (unpaired) electrons. The van der Waals surface area contributed by atoms with Crippen LogP contribution in [0.25, 0.3) is 33.9 Å². The Balaban J connectivity index is 2.06. The number of aromatic nitrogens is 3. The molecule has 0 bridgehead atoms. The minimum atomic E-state index is 0.698. The van der Waals surface area contributed by atoms with Crippen LogP contribution in [0.1, 0.15) is 12.5 Å². The van der Waals surface area contributed by atoms with Crippen LogP contribution in [0.15, 0.2) is 67.0 Å². The van der Waals surface area contributed by atoms with Crippen molar-refractivity contribution in [3.8, 4) is 33.9 Å². The standard InChI is InChI=1S/C23H19Cl2N3/c1-3-28-22(17-7-9-18(24)10-8-17)21(16-11-13-26-14-12-16)27-23(28)20-15(2)5-4-6-19(20)25/h4-14H,3H2,1-2H3. The van der Waals surface area contributed by atoms with E-state index in [0.29, 0.717) is 10.0 Å². The fraction of sp³-hybridized carbons (Fsp3) is 0.130. The molecule has 2 aromatic heterocycles. The van der Waals surface area contributed by atoms with Crippen molar-refractivity contribution in [1.29, 1.82) is 0 Å². The van der Waals surface area contributed by atoms with E-state index in [1.54, 1.807) is 12.4 Å². The summed E-state index contributed by atoms with van der Waals surface area (Å²) in [6.45, 7) is 4.94. The predicted octanol–water partition coefficient (Wildman–Crippen LogP) is 6.91. The summed E-state index contributed by atoms with van der Waals surface area (Å²) >= 11 is 12.7. The van der Waals surface area contributed by atoms with Crippen LogP contribution in [0.5, 0.6) is 0 Å². The first kappa shape index (κ1) is 18.7. The van der Waals surface area contributed by atoms with Gasteiger partial charge in [0.2, 0.25) is 0 Å². The van der Waals surface area contributed by atoms with Gasteiger partial charge in [0.25, 0.3) is 0 Å². The zero-order chi connectivity index (χ0) is 19.7. The van der Waals surface area contributed by atoms with Crippen LogP contribution in [-0.2, 0) is 6.54 Å². The Morgan fingerprint density at radius 3 is 2.25 bits per heavy atom. The molecule has 140 valence electrons. The molecule has 4 aromatic rings. The van der Waals surface area contributed by atoms with E-state index in [1.807, 2.05) is 48.5 Å². The maximum atomic E-state index is 6.59. The van der Waals surface area contributed by atoms with Gasteiger partial charge in [0.15, 0.2) is 0 Å². The summed E-state index contributed by atoms with van der Waals surface area (Å²) in [4.78, 5) is 9.21. The number of hydrogen-bond acceptors (Lipinski definition) is 2. The first-order valence-corrected chi connectivity index (χ1v) is 9.88. The van der Waals surface area contributed by atoms with Gasteiger partial charge in [0.05, 0.1) is 16.4 Å². The number of nitrogens with zero attached hydrogens (tertiary/aromatic N) is 3. The normalized spacial score (nSPS) is 11.0. The molecule has 0 aliphatic heterocycles. The third-order valence-corrected chi connectivity index (χ3v) is 5.37. The summed E-state index contributed by atoms with van der Waals surface area (Å²) in [5, 5.41) is 1.41. The van der Waals surface area contributed by atoms with E-state index in [4.69, 9.17) is 28.2 Å². The highest BCUT2D eigenvalue weighted by molar-refractivity contribution is 6.33. The average molecular weight is 408 g/mol. The summed E-state index contributed by atoms with van der Waals surface area (Å²) < 4.78 is 2.22. The Bertz CT molecular complexity index is 1100. The van der Waals surface area contributed by atoms with Crippen molar-refractivity contribution in [3.63, 3.8) is 0 Å². The number of halogens is 2. The van der Waals surface area contributed by atoms with Gasteiger partial charge in [-0.05, 0) is 49.7 Å². The van der Waals surface area contributed by atoms with E-state index in [0.717, 1.165) is 46.0 Å². The van der Waals surface area contributed by atoms with E-state index >= 15 is 0 Å². The van der Waals surface area contributed by atoms with Crippen molar-refractivity contribution in [2.45, 2.75) is 20.4 Å². The first-order valence-electron chi connectivity index (χ1n) is 9.12. The second kappa shape index (κ2) is 7.78. The fourth-order valence-electron chi connectivity index (χ4n) is 3.48. The van der Waals surface area contributed by atoms with Crippen LogP contribution >= 0.6 is 23.2 Å². The van der Waals surface area contributed by atoms with Crippen LogP contribution in [-0.4, -0.2) is 14.5 Å². The van der Waals surface area contributed by atoms with E-state index in [1.165, 1.54) is 0 Å². The number of pyridine rings is 1. The number of benzene rings is 2. The summed E-state index contributed by atoms with van der Waals surface area (Å²) in [7, 11) is 0. The Kier molecular flexibility index (Phi) is 5.21. The maximum absolute atomic E-state index is 6.59.